The second kappa shape index (κ2) is 7.96. The molecule has 0 aliphatic carbocycles. The number of nitrogens with one attached hydrogen (secondary N) is 2. The zero-order valence-electron chi connectivity index (χ0n) is 15.3. The van der Waals surface area contributed by atoms with Crippen molar-refractivity contribution in [1.29, 1.82) is 0 Å². The Morgan fingerprint density at radius 3 is 3.00 bits per heavy atom. The van der Waals surface area contributed by atoms with Crippen LogP contribution in [0.15, 0.2) is 4.99 Å². The van der Waals surface area contributed by atoms with Crippen LogP contribution in [0.3, 0.4) is 0 Å². The molecule has 1 saturated heterocycles. The number of rotatable bonds is 4. The lowest BCUT2D eigenvalue weighted by Crippen LogP contribution is -2.47. The third-order valence-corrected chi connectivity index (χ3v) is 4.88. The van der Waals surface area contributed by atoms with Crippen LogP contribution in [0.25, 0.3) is 0 Å². The Bertz CT molecular complexity index is 565. The van der Waals surface area contributed by atoms with Gasteiger partial charge >= 0.3 is 0 Å². The molecule has 1 aromatic rings. The monoisotopic (exact) mass is 333 g/mol. The summed E-state index contributed by atoms with van der Waals surface area (Å²) in [4.78, 5) is 11.7. The SMILES string of the molecule is CCNC(=NCC1CCCN(C)C1)NC1CCc2nc(C)nn2C1. The summed E-state index contributed by atoms with van der Waals surface area (Å²) in [7, 11) is 2.21. The molecule has 0 saturated carbocycles. The molecule has 0 bridgehead atoms. The first kappa shape index (κ1) is 17.2. The van der Waals surface area contributed by atoms with Crippen LogP contribution in [-0.4, -0.2) is 64.9 Å². The van der Waals surface area contributed by atoms with Crippen LogP contribution in [0.5, 0.6) is 0 Å². The van der Waals surface area contributed by atoms with Gasteiger partial charge in [0.1, 0.15) is 11.6 Å². The van der Waals surface area contributed by atoms with E-state index in [0.29, 0.717) is 12.0 Å². The van der Waals surface area contributed by atoms with Gasteiger partial charge in [-0.3, -0.25) is 4.99 Å². The fourth-order valence-electron chi connectivity index (χ4n) is 3.71. The molecule has 2 N–H and O–H groups in total. The number of hydrogen-bond donors (Lipinski definition) is 2. The van der Waals surface area contributed by atoms with E-state index in [2.05, 4.69) is 39.6 Å². The van der Waals surface area contributed by atoms with E-state index >= 15 is 0 Å². The first-order chi connectivity index (χ1) is 11.6. The Morgan fingerprint density at radius 1 is 1.33 bits per heavy atom. The van der Waals surface area contributed by atoms with Gasteiger partial charge in [-0.2, -0.15) is 5.10 Å². The predicted molar refractivity (Wildman–Crippen MR) is 96.2 cm³/mol. The van der Waals surface area contributed by atoms with Crippen LogP contribution in [-0.2, 0) is 13.0 Å². The van der Waals surface area contributed by atoms with Crippen molar-refractivity contribution in [2.45, 2.75) is 52.1 Å². The van der Waals surface area contributed by atoms with Gasteiger partial charge in [0.2, 0.25) is 0 Å². The molecule has 3 heterocycles. The maximum absolute atomic E-state index is 4.85. The second-order valence-corrected chi connectivity index (χ2v) is 7.13. The van der Waals surface area contributed by atoms with Gasteiger partial charge in [-0.25, -0.2) is 9.67 Å². The smallest absolute Gasteiger partial charge is 0.191 e. The number of aryl methyl sites for hydroxylation is 2. The largest absolute Gasteiger partial charge is 0.357 e. The van der Waals surface area contributed by atoms with Crippen molar-refractivity contribution in [3.8, 4) is 0 Å². The number of fused-ring (bicyclic) bond motifs is 1. The average molecular weight is 333 g/mol. The summed E-state index contributed by atoms with van der Waals surface area (Å²) >= 11 is 0. The average Bonchev–Trinajstić information content (AvgIpc) is 2.92. The van der Waals surface area contributed by atoms with Gasteiger partial charge in [-0.05, 0) is 52.6 Å². The highest BCUT2D eigenvalue weighted by Gasteiger charge is 2.22. The molecule has 7 heteroatoms. The van der Waals surface area contributed by atoms with Crippen LogP contribution < -0.4 is 10.6 Å². The summed E-state index contributed by atoms with van der Waals surface area (Å²) in [5.74, 6) is 3.59. The van der Waals surface area contributed by atoms with E-state index in [0.717, 1.165) is 56.6 Å². The fraction of sp³-hybridized carbons (Fsp3) is 0.824. The van der Waals surface area contributed by atoms with Crippen LogP contribution >= 0.6 is 0 Å². The van der Waals surface area contributed by atoms with Crippen molar-refractivity contribution in [2.24, 2.45) is 10.9 Å². The van der Waals surface area contributed by atoms with Crippen LogP contribution in [0.1, 0.15) is 37.8 Å². The molecule has 1 fully saturated rings. The van der Waals surface area contributed by atoms with Crippen molar-refractivity contribution >= 4 is 5.96 Å². The molecule has 0 radical (unpaired) electrons. The highest BCUT2D eigenvalue weighted by atomic mass is 15.4. The van der Waals surface area contributed by atoms with Crippen LogP contribution in [0, 0.1) is 12.8 Å². The topological polar surface area (TPSA) is 70.4 Å². The standard InChI is InChI=1S/C17H31N7/c1-4-18-17(19-10-14-6-5-9-23(3)11-14)21-15-7-8-16-20-13(2)22-24(16)12-15/h14-15H,4-12H2,1-3H3,(H2,18,19,21). The van der Waals surface area contributed by atoms with Crippen molar-refractivity contribution in [3.05, 3.63) is 11.6 Å². The number of likely N-dealkylation sites (tertiary alicyclic amines) is 1. The molecule has 1 aromatic heterocycles. The molecule has 0 aromatic carbocycles. The van der Waals surface area contributed by atoms with Gasteiger partial charge < -0.3 is 15.5 Å². The first-order valence-corrected chi connectivity index (χ1v) is 9.27. The van der Waals surface area contributed by atoms with Gasteiger partial charge in [0, 0.05) is 32.1 Å². The van der Waals surface area contributed by atoms with E-state index in [9.17, 15) is 0 Å². The molecule has 0 spiro atoms. The van der Waals surface area contributed by atoms with Gasteiger partial charge in [0.05, 0.1) is 6.54 Å². The molecule has 134 valence electrons. The van der Waals surface area contributed by atoms with Crippen LogP contribution in [0.2, 0.25) is 0 Å². The quantitative estimate of drug-likeness (QED) is 0.630. The molecule has 3 rings (SSSR count). The van der Waals surface area contributed by atoms with Gasteiger partial charge in [0.15, 0.2) is 5.96 Å². The van der Waals surface area contributed by atoms with E-state index < -0.39 is 0 Å². The Balaban J connectivity index is 1.56. The first-order valence-electron chi connectivity index (χ1n) is 9.27. The van der Waals surface area contributed by atoms with Gasteiger partial charge in [-0.1, -0.05) is 0 Å². The highest BCUT2D eigenvalue weighted by Crippen LogP contribution is 2.15. The Hall–Kier alpha value is -1.63. The molecular formula is C17H31N7. The zero-order chi connectivity index (χ0) is 16.9. The normalized spacial score (nSPS) is 25.4. The predicted octanol–water partition coefficient (Wildman–Crippen LogP) is 0.798. The number of hydrogen-bond acceptors (Lipinski definition) is 4. The molecule has 2 unspecified atom stereocenters. The Kier molecular flexibility index (Phi) is 5.71. The lowest BCUT2D eigenvalue weighted by Gasteiger charge is -2.29. The third-order valence-electron chi connectivity index (χ3n) is 4.88. The number of guanidine groups is 1. The van der Waals surface area contributed by atoms with E-state index in [4.69, 9.17) is 4.99 Å². The summed E-state index contributed by atoms with van der Waals surface area (Å²) in [6, 6.07) is 0.366. The van der Waals surface area contributed by atoms with Gasteiger partial charge in [0.25, 0.3) is 0 Å². The van der Waals surface area contributed by atoms with Crippen molar-refractivity contribution in [2.75, 3.05) is 33.2 Å². The maximum atomic E-state index is 4.85. The zero-order valence-corrected chi connectivity index (χ0v) is 15.3. The summed E-state index contributed by atoms with van der Waals surface area (Å²) in [6.45, 7) is 9.11. The minimum atomic E-state index is 0.366. The summed E-state index contributed by atoms with van der Waals surface area (Å²) in [5.41, 5.74) is 0. The lowest BCUT2D eigenvalue weighted by molar-refractivity contribution is 0.214. The second-order valence-electron chi connectivity index (χ2n) is 7.13. The van der Waals surface area contributed by atoms with E-state index in [1.807, 2.05) is 11.6 Å². The molecule has 2 atom stereocenters. The van der Waals surface area contributed by atoms with E-state index in [-0.39, 0.29) is 0 Å². The van der Waals surface area contributed by atoms with Crippen molar-refractivity contribution < 1.29 is 0 Å². The lowest BCUT2D eigenvalue weighted by atomic mass is 9.99. The van der Waals surface area contributed by atoms with Crippen LogP contribution in [0.4, 0.5) is 0 Å². The minimum Gasteiger partial charge on any atom is -0.357 e. The Morgan fingerprint density at radius 2 is 2.21 bits per heavy atom. The number of piperidine rings is 1. The number of nitrogens with zero attached hydrogens (tertiary/aromatic N) is 5. The maximum Gasteiger partial charge on any atom is 0.191 e. The Labute approximate surface area is 144 Å². The molecule has 7 nitrogen and oxygen atoms in total. The van der Waals surface area contributed by atoms with E-state index in [1.54, 1.807) is 0 Å². The molecule has 2 aliphatic rings. The number of aromatic nitrogens is 3. The highest BCUT2D eigenvalue weighted by molar-refractivity contribution is 5.80. The van der Waals surface area contributed by atoms with Gasteiger partial charge in [-0.15, -0.1) is 0 Å². The minimum absolute atomic E-state index is 0.366. The summed E-state index contributed by atoms with van der Waals surface area (Å²) in [5, 5.41) is 11.5. The molecule has 2 aliphatic heterocycles. The molecular weight excluding hydrogens is 302 g/mol. The van der Waals surface area contributed by atoms with Crippen molar-refractivity contribution in [1.82, 2.24) is 30.3 Å². The van der Waals surface area contributed by atoms with Crippen molar-refractivity contribution in [3.63, 3.8) is 0 Å². The molecule has 24 heavy (non-hydrogen) atoms. The summed E-state index contributed by atoms with van der Waals surface area (Å²) < 4.78 is 2.04. The third kappa shape index (κ3) is 4.47. The number of aliphatic imine (C=N–C) groups is 1. The van der Waals surface area contributed by atoms with E-state index in [1.165, 1.54) is 19.4 Å². The molecule has 0 amide bonds. The summed E-state index contributed by atoms with van der Waals surface area (Å²) in [6.07, 6.45) is 4.63. The fourth-order valence-corrected chi connectivity index (χ4v) is 3.71.